The third-order valence-electron chi connectivity index (χ3n) is 4.39. The smallest absolute Gasteiger partial charge is 0.226 e. The van der Waals surface area contributed by atoms with Crippen molar-refractivity contribution in [2.45, 2.75) is 46.0 Å². The van der Waals surface area contributed by atoms with Gasteiger partial charge in [-0.3, -0.25) is 4.79 Å². The second kappa shape index (κ2) is 7.74. The van der Waals surface area contributed by atoms with Gasteiger partial charge in [-0.1, -0.05) is 20.3 Å². The van der Waals surface area contributed by atoms with Gasteiger partial charge in [0.2, 0.25) is 5.91 Å². The Morgan fingerprint density at radius 3 is 2.56 bits per heavy atom. The number of piperidine rings is 1. The SMILES string of the molecule is CCC(CCO)CNC(=O)C1(CC)CCNCC1. The zero-order valence-electron chi connectivity index (χ0n) is 11.8. The van der Waals surface area contributed by atoms with Crippen LogP contribution in [0, 0.1) is 11.3 Å². The molecule has 1 amide bonds. The number of rotatable bonds is 7. The van der Waals surface area contributed by atoms with Crippen LogP contribution in [0.1, 0.15) is 46.0 Å². The van der Waals surface area contributed by atoms with Crippen molar-refractivity contribution in [2.24, 2.45) is 11.3 Å². The van der Waals surface area contributed by atoms with Crippen LogP contribution in [-0.4, -0.2) is 37.3 Å². The minimum atomic E-state index is -0.164. The Morgan fingerprint density at radius 1 is 1.39 bits per heavy atom. The van der Waals surface area contributed by atoms with Gasteiger partial charge < -0.3 is 15.7 Å². The molecule has 0 bridgehead atoms. The van der Waals surface area contributed by atoms with Gasteiger partial charge in [0.15, 0.2) is 0 Å². The van der Waals surface area contributed by atoms with Crippen LogP contribution in [0.5, 0.6) is 0 Å². The van der Waals surface area contributed by atoms with E-state index in [9.17, 15) is 4.79 Å². The van der Waals surface area contributed by atoms with E-state index in [0.29, 0.717) is 12.5 Å². The maximum absolute atomic E-state index is 12.4. The summed E-state index contributed by atoms with van der Waals surface area (Å²) >= 11 is 0. The number of carbonyl (C=O) groups is 1. The normalized spacial score (nSPS) is 20.4. The van der Waals surface area contributed by atoms with E-state index in [1.54, 1.807) is 0 Å². The van der Waals surface area contributed by atoms with E-state index in [1.807, 2.05) is 0 Å². The first-order chi connectivity index (χ1) is 8.68. The molecule has 1 aliphatic rings. The highest BCUT2D eigenvalue weighted by molar-refractivity contribution is 5.82. The predicted octanol–water partition coefficient (Wildman–Crippen LogP) is 1.29. The van der Waals surface area contributed by atoms with Gasteiger partial charge >= 0.3 is 0 Å². The number of nitrogens with one attached hydrogen (secondary N) is 2. The number of aliphatic hydroxyl groups excluding tert-OH is 1. The van der Waals surface area contributed by atoms with Crippen LogP contribution in [0.4, 0.5) is 0 Å². The van der Waals surface area contributed by atoms with E-state index in [4.69, 9.17) is 5.11 Å². The molecule has 106 valence electrons. The first kappa shape index (κ1) is 15.4. The first-order valence-corrected chi connectivity index (χ1v) is 7.28. The molecular weight excluding hydrogens is 228 g/mol. The molecule has 1 heterocycles. The summed E-state index contributed by atoms with van der Waals surface area (Å²) < 4.78 is 0. The average molecular weight is 256 g/mol. The standard InChI is InChI=1S/C14H28N2O2/c1-3-12(5-10-17)11-16-13(18)14(4-2)6-8-15-9-7-14/h12,15,17H,3-11H2,1-2H3,(H,16,18). The minimum absolute atomic E-state index is 0.164. The lowest BCUT2D eigenvalue weighted by Crippen LogP contribution is -2.48. The predicted molar refractivity (Wildman–Crippen MR) is 73.3 cm³/mol. The molecule has 1 fully saturated rings. The lowest BCUT2D eigenvalue weighted by molar-refractivity contribution is -0.133. The molecule has 1 unspecified atom stereocenters. The number of carbonyl (C=O) groups excluding carboxylic acids is 1. The summed E-state index contributed by atoms with van der Waals surface area (Å²) in [5.41, 5.74) is -0.164. The van der Waals surface area contributed by atoms with Crippen molar-refractivity contribution in [1.29, 1.82) is 0 Å². The van der Waals surface area contributed by atoms with Gasteiger partial charge in [0.05, 0.1) is 5.41 Å². The average Bonchev–Trinajstić information content (AvgIpc) is 2.43. The van der Waals surface area contributed by atoms with E-state index in [0.717, 1.165) is 45.2 Å². The van der Waals surface area contributed by atoms with E-state index in [1.165, 1.54) is 0 Å². The van der Waals surface area contributed by atoms with Crippen molar-refractivity contribution in [2.75, 3.05) is 26.2 Å². The van der Waals surface area contributed by atoms with Gasteiger partial charge in [-0.2, -0.15) is 0 Å². The molecule has 4 heteroatoms. The number of aliphatic hydroxyl groups is 1. The van der Waals surface area contributed by atoms with Crippen molar-refractivity contribution in [3.05, 3.63) is 0 Å². The van der Waals surface area contributed by atoms with Crippen LogP contribution in [0.3, 0.4) is 0 Å². The van der Waals surface area contributed by atoms with Crippen LogP contribution in [0.15, 0.2) is 0 Å². The van der Waals surface area contributed by atoms with Gasteiger partial charge in [-0.15, -0.1) is 0 Å². The lowest BCUT2D eigenvalue weighted by Gasteiger charge is -2.35. The Morgan fingerprint density at radius 2 is 2.06 bits per heavy atom. The molecular formula is C14H28N2O2. The van der Waals surface area contributed by atoms with Gasteiger partial charge in [0.25, 0.3) is 0 Å². The van der Waals surface area contributed by atoms with Crippen LogP contribution in [-0.2, 0) is 4.79 Å². The van der Waals surface area contributed by atoms with Crippen molar-refractivity contribution >= 4 is 5.91 Å². The Balaban J connectivity index is 2.46. The zero-order chi connectivity index (χ0) is 13.4. The van der Waals surface area contributed by atoms with E-state index >= 15 is 0 Å². The molecule has 0 spiro atoms. The van der Waals surface area contributed by atoms with Crippen LogP contribution >= 0.6 is 0 Å². The van der Waals surface area contributed by atoms with Gasteiger partial charge in [-0.25, -0.2) is 0 Å². The molecule has 0 saturated carbocycles. The second-order valence-corrected chi connectivity index (χ2v) is 5.38. The molecule has 4 nitrogen and oxygen atoms in total. The highest BCUT2D eigenvalue weighted by Gasteiger charge is 2.37. The third-order valence-corrected chi connectivity index (χ3v) is 4.39. The van der Waals surface area contributed by atoms with Crippen molar-refractivity contribution < 1.29 is 9.90 Å². The molecule has 0 radical (unpaired) electrons. The lowest BCUT2D eigenvalue weighted by atomic mass is 9.76. The highest BCUT2D eigenvalue weighted by atomic mass is 16.3. The minimum Gasteiger partial charge on any atom is -0.396 e. The number of amides is 1. The first-order valence-electron chi connectivity index (χ1n) is 7.28. The Bertz CT molecular complexity index is 250. The fourth-order valence-corrected chi connectivity index (χ4v) is 2.70. The summed E-state index contributed by atoms with van der Waals surface area (Å²) in [7, 11) is 0. The van der Waals surface area contributed by atoms with Crippen molar-refractivity contribution in [1.82, 2.24) is 10.6 Å². The van der Waals surface area contributed by atoms with Gasteiger partial charge in [-0.05, 0) is 44.7 Å². The topological polar surface area (TPSA) is 61.4 Å². The monoisotopic (exact) mass is 256 g/mol. The molecule has 3 N–H and O–H groups in total. The quantitative estimate of drug-likeness (QED) is 0.643. The maximum atomic E-state index is 12.4. The second-order valence-electron chi connectivity index (χ2n) is 5.38. The number of hydrogen-bond donors (Lipinski definition) is 3. The fraction of sp³-hybridized carbons (Fsp3) is 0.929. The maximum Gasteiger partial charge on any atom is 0.226 e. The molecule has 0 aliphatic carbocycles. The Kier molecular flexibility index (Phi) is 6.65. The molecule has 1 aliphatic heterocycles. The largest absolute Gasteiger partial charge is 0.396 e. The molecule has 0 aromatic heterocycles. The van der Waals surface area contributed by atoms with Gasteiger partial charge in [0.1, 0.15) is 0 Å². The van der Waals surface area contributed by atoms with Crippen molar-refractivity contribution in [3.63, 3.8) is 0 Å². The summed E-state index contributed by atoms with van der Waals surface area (Å²) in [5, 5.41) is 15.4. The van der Waals surface area contributed by atoms with E-state index in [-0.39, 0.29) is 17.9 Å². The molecule has 18 heavy (non-hydrogen) atoms. The molecule has 1 atom stereocenters. The summed E-state index contributed by atoms with van der Waals surface area (Å²) in [5.74, 6) is 0.609. The van der Waals surface area contributed by atoms with Crippen LogP contribution in [0.25, 0.3) is 0 Å². The summed E-state index contributed by atoms with van der Waals surface area (Å²) in [4.78, 5) is 12.4. The highest BCUT2D eigenvalue weighted by Crippen LogP contribution is 2.32. The Labute approximate surface area is 111 Å². The fourth-order valence-electron chi connectivity index (χ4n) is 2.70. The Hall–Kier alpha value is -0.610. The third kappa shape index (κ3) is 3.95. The molecule has 1 rings (SSSR count). The molecule has 0 aromatic carbocycles. The summed E-state index contributed by atoms with van der Waals surface area (Å²) in [6, 6.07) is 0. The van der Waals surface area contributed by atoms with E-state index < -0.39 is 0 Å². The van der Waals surface area contributed by atoms with Gasteiger partial charge in [0, 0.05) is 13.2 Å². The molecule has 1 saturated heterocycles. The number of hydrogen-bond acceptors (Lipinski definition) is 3. The molecule has 0 aromatic rings. The van der Waals surface area contributed by atoms with Crippen LogP contribution < -0.4 is 10.6 Å². The van der Waals surface area contributed by atoms with E-state index in [2.05, 4.69) is 24.5 Å². The zero-order valence-corrected chi connectivity index (χ0v) is 11.8. The van der Waals surface area contributed by atoms with Crippen LogP contribution in [0.2, 0.25) is 0 Å². The van der Waals surface area contributed by atoms with Crippen molar-refractivity contribution in [3.8, 4) is 0 Å². The summed E-state index contributed by atoms with van der Waals surface area (Å²) in [6.07, 6.45) is 4.56. The summed E-state index contributed by atoms with van der Waals surface area (Å²) in [6.45, 7) is 7.00.